The van der Waals surface area contributed by atoms with Gasteiger partial charge in [-0.3, -0.25) is 4.79 Å². The molecule has 0 radical (unpaired) electrons. The summed E-state index contributed by atoms with van der Waals surface area (Å²) in [6, 6.07) is 10.7. The third-order valence-corrected chi connectivity index (χ3v) is 4.26. The van der Waals surface area contributed by atoms with Crippen molar-refractivity contribution < 1.29 is 4.79 Å². The lowest BCUT2D eigenvalue weighted by atomic mass is 10.2. The zero-order chi connectivity index (χ0) is 14.7. The largest absolute Gasteiger partial charge is 0.367 e. The quantitative estimate of drug-likeness (QED) is 0.790. The predicted molar refractivity (Wildman–Crippen MR) is 83.1 cm³/mol. The number of nitrogens with zero attached hydrogens (tertiary/aromatic N) is 2. The number of rotatable bonds is 4. The maximum Gasteiger partial charge on any atom is 0.184 e. The van der Waals surface area contributed by atoms with Gasteiger partial charge in [-0.1, -0.05) is 23.2 Å². The average molecular weight is 325 g/mol. The molecular weight excluding hydrogens is 315 g/mol. The standard InChI is InChI=1S/C14H10Cl2N2OS/c1-18(10-4-2-9(7-17)3-5-10)8-12(19)11-6-13(15)20-14(11)16/h2-6H,8H2,1H3. The lowest BCUT2D eigenvalue weighted by molar-refractivity contribution is 0.100. The van der Waals surface area contributed by atoms with E-state index in [0.717, 1.165) is 5.69 Å². The van der Waals surface area contributed by atoms with Crippen LogP contribution in [0.3, 0.4) is 0 Å². The van der Waals surface area contributed by atoms with Crippen molar-refractivity contribution in [2.75, 3.05) is 18.5 Å². The van der Waals surface area contributed by atoms with Crippen molar-refractivity contribution in [2.24, 2.45) is 0 Å². The first-order valence-electron chi connectivity index (χ1n) is 5.70. The highest BCUT2D eigenvalue weighted by atomic mass is 35.5. The molecule has 0 aliphatic heterocycles. The predicted octanol–water partition coefficient (Wildman–Crippen LogP) is 4.25. The zero-order valence-electron chi connectivity index (χ0n) is 10.6. The van der Waals surface area contributed by atoms with E-state index < -0.39 is 0 Å². The number of Topliss-reactive ketones (excluding diaryl/α,β-unsaturated/α-hetero) is 1. The molecule has 102 valence electrons. The van der Waals surface area contributed by atoms with Gasteiger partial charge in [0.25, 0.3) is 0 Å². The lowest BCUT2D eigenvalue weighted by Crippen LogP contribution is -2.25. The molecule has 2 aromatic rings. The van der Waals surface area contributed by atoms with Gasteiger partial charge in [0.2, 0.25) is 0 Å². The van der Waals surface area contributed by atoms with Crippen molar-refractivity contribution in [1.82, 2.24) is 0 Å². The number of benzene rings is 1. The summed E-state index contributed by atoms with van der Waals surface area (Å²) in [5.74, 6) is -0.0926. The van der Waals surface area contributed by atoms with E-state index in [1.165, 1.54) is 11.3 Å². The number of carbonyl (C=O) groups excluding carboxylic acids is 1. The van der Waals surface area contributed by atoms with Gasteiger partial charge >= 0.3 is 0 Å². The van der Waals surface area contributed by atoms with Crippen molar-refractivity contribution in [3.63, 3.8) is 0 Å². The summed E-state index contributed by atoms with van der Waals surface area (Å²) in [4.78, 5) is 14.0. The molecule has 1 aromatic carbocycles. The van der Waals surface area contributed by atoms with Gasteiger partial charge in [-0.25, -0.2) is 0 Å². The fraction of sp³-hybridized carbons (Fsp3) is 0.143. The third-order valence-electron chi connectivity index (χ3n) is 2.78. The Bertz CT molecular complexity index is 673. The summed E-state index contributed by atoms with van der Waals surface area (Å²) >= 11 is 13.0. The number of carbonyl (C=O) groups is 1. The molecule has 0 atom stereocenters. The number of anilines is 1. The van der Waals surface area contributed by atoms with E-state index in [1.54, 1.807) is 42.3 Å². The minimum Gasteiger partial charge on any atom is -0.367 e. The molecule has 0 spiro atoms. The second-order valence-corrected chi connectivity index (χ2v) is 6.46. The van der Waals surface area contributed by atoms with Gasteiger partial charge in [0.05, 0.1) is 28.1 Å². The van der Waals surface area contributed by atoms with Crippen LogP contribution in [0.15, 0.2) is 30.3 Å². The summed E-state index contributed by atoms with van der Waals surface area (Å²) in [6.45, 7) is 0.193. The minimum atomic E-state index is -0.0926. The van der Waals surface area contributed by atoms with E-state index in [1.807, 2.05) is 0 Å². The fourth-order valence-corrected chi connectivity index (χ4v) is 3.21. The molecule has 0 saturated heterocycles. The molecule has 0 N–H and O–H groups in total. The molecule has 0 saturated carbocycles. The number of ketones is 1. The number of hydrogen-bond acceptors (Lipinski definition) is 4. The van der Waals surface area contributed by atoms with Crippen LogP contribution < -0.4 is 4.90 Å². The Hall–Kier alpha value is -1.54. The second-order valence-electron chi connectivity index (χ2n) is 4.18. The van der Waals surface area contributed by atoms with Crippen LogP contribution in [0, 0.1) is 11.3 Å². The van der Waals surface area contributed by atoms with Crippen molar-refractivity contribution in [1.29, 1.82) is 5.26 Å². The zero-order valence-corrected chi connectivity index (χ0v) is 12.9. The van der Waals surface area contributed by atoms with Gasteiger partial charge in [0.15, 0.2) is 5.78 Å². The molecule has 0 aliphatic rings. The Labute approximate surface area is 131 Å². The highest BCUT2D eigenvalue weighted by Crippen LogP contribution is 2.31. The number of halogens is 2. The average Bonchev–Trinajstić information content (AvgIpc) is 2.78. The molecule has 2 rings (SSSR count). The van der Waals surface area contributed by atoms with Crippen LogP contribution >= 0.6 is 34.5 Å². The van der Waals surface area contributed by atoms with Crippen molar-refractivity contribution in [2.45, 2.75) is 0 Å². The van der Waals surface area contributed by atoms with E-state index in [4.69, 9.17) is 28.5 Å². The third kappa shape index (κ3) is 3.31. The van der Waals surface area contributed by atoms with Gasteiger partial charge < -0.3 is 4.90 Å². The van der Waals surface area contributed by atoms with Crippen LogP contribution in [0.1, 0.15) is 15.9 Å². The van der Waals surface area contributed by atoms with Gasteiger partial charge in [0.1, 0.15) is 4.34 Å². The van der Waals surface area contributed by atoms with E-state index in [2.05, 4.69) is 6.07 Å². The maximum atomic E-state index is 12.2. The van der Waals surface area contributed by atoms with E-state index in [0.29, 0.717) is 19.8 Å². The highest BCUT2D eigenvalue weighted by Gasteiger charge is 2.16. The monoisotopic (exact) mass is 324 g/mol. The molecule has 0 fully saturated rings. The molecule has 0 amide bonds. The first kappa shape index (κ1) is 14.9. The Morgan fingerprint density at radius 3 is 2.50 bits per heavy atom. The Morgan fingerprint density at radius 1 is 1.35 bits per heavy atom. The number of nitriles is 1. The smallest absolute Gasteiger partial charge is 0.184 e. The normalized spacial score (nSPS) is 10.1. The Morgan fingerprint density at radius 2 is 2.00 bits per heavy atom. The number of thiophene rings is 1. The van der Waals surface area contributed by atoms with Crippen LogP contribution in [-0.4, -0.2) is 19.4 Å². The van der Waals surface area contributed by atoms with Crippen LogP contribution in [0.4, 0.5) is 5.69 Å². The molecule has 0 bridgehead atoms. The first-order chi connectivity index (χ1) is 9.51. The van der Waals surface area contributed by atoms with Crippen LogP contribution in [-0.2, 0) is 0 Å². The Kier molecular flexibility index (Phi) is 4.66. The van der Waals surface area contributed by atoms with Crippen molar-refractivity contribution in [3.05, 3.63) is 50.1 Å². The summed E-state index contributed by atoms with van der Waals surface area (Å²) < 4.78 is 0.910. The molecule has 0 unspecified atom stereocenters. The molecule has 1 heterocycles. The van der Waals surface area contributed by atoms with Crippen LogP contribution in [0.5, 0.6) is 0 Å². The van der Waals surface area contributed by atoms with E-state index >= 15 is 0 Å². The Balaban J connectivity index is 2.11. The number of likely N-dealkylation sites (N-methyl/N-ethyl adjacent to an activating group) is 1. The van der Waals surface area contributed by atoms with E-state index in [9.17, 15) is 4.79 Å². The lowest BCUT2D eigenvalue weighted by Gasteiger charge is -2.18. The molecule has 0 aliphatic carbocycles. The molecule has 3 nitrogen and oxygen atoms in total. The summed E-state index contributed by atoms with van der Waals surface area (Å²) in [5.41, 5.74) is 1.89. The molecule has 1 aromatic heterocycles. The maximum absolute atomic E-state index is 12.2. The van der Waals surface area contributed by atoms with Crippen LogP contribution in [0.2, 0.25) is 8.67 Å². The first-order valence-corrected chi connectivity index (χ1v) is 7.28. The highest BCUT2D eigenvalue weighted by molar-refractivity contribution is 7.20. The molecular formula is C14H10Cl2N2OS. The summed E-state index contributed by atoms with van der Waals surface area (Å²) in [7, 11) is 1.81. The van der Waals surface area contributed by atoms with Gasteiger partial charge in [-0.2, -0.15) is 5.26 Å². The van der Waals surface area contributed by atoms with Gasteiger partial charge in [0, 0.05) is 12.7 Å². The number of hydrogen-bond donors (Lipinski definition) is 0. The van der Waals surface area contributed by atoms with Crippen LogP contribution in [0.25, 0.3) is 0 Å². The van der Waals surface area contributed by atoms with Gasteiger partial charge in [-0.15, -0.1) is 11.3 Å². The minimum absolute atomic E-state index is 0.0926. The summed E-state index contributed by atoms with van der Waals surface area (Å²) in [5, 5.41) is 8.75. The SMILES string of the molecule is CN(CC(=O)c1cc(Cl)sc1Cl)c1ccc(C#N)cc1. The van der Waals surface area contributed by atoms with Crippen molar-refractivity contribution >= 4 is 46.0 Å². The van der Waals surface area contributed by atoms with Crippen molar-refractivity contribution in [3.8, 4) is 6.07 Å². The second kappa shape index (κ2) is 6.27. The molecule has 6 heteroatoms. The molecule has 20 heavy (non-hydrogen) atoms. The topological polar surface area (TPSA) is 44.1 Å². The van der Waals surface area contributed by atoms with Gasteiger partial charge in [-0.05, 0) is 30.3 Å². The summed E-state index contributed by atoms with van der Waals surface area (Å²) in [6.07, 6.45) is 0. The van der Waals surface area contributed by atoms with E-state index in [-0.39, 0.29) is 12.3 Å². The fourth-order valence-electron chi connectivity index (χ4n) is 1.71.